The standard InChI is InChI=1S/C17H16N2O2/c1-2-12-5-3-4-6-14(12)10-19-11-18-15-9-13(17(20)21)7-8-16(15)19/h3-9,11H,2,10H2,1H3,(H,20,21). The van der Waals surface area contributed by atoms with Gasteiger partial charge in [-0.25, -0.2) is 9.78 Å². The van der Waals surface area contributed by atoms with E-state index in [1.165, 1.54) is 11.1 Å². The quantitative estimate of drug-likeness (QED) is 0.797. The third-order valence-electron chi connectivity index (χ3n) is 3.71. The average Bonchev–Trinajstić information content (AvgIpc) is 2.90. The van der Waals surface area contributed by atoms with E-state index in [9.17, 15) is 4.79 Å². The molecule has 0 saturated heterocycles. The van der Waals surface area contributed by atoms with Gasteiger partial charge in [-0.1, -0.05) is 31.2 Å². The number of rotatable bonds is 4. The fraction of sp³-hybridized carbons (Fsp3) is 0.176. The Bertz CT molecular complexity index is 805. The van der Waals surface area contributed by atoms with Crippen molar-refractivity contribution in [1.82, 2.24) is 9.55 Å². The number of imidazole rings is 1. The van der Waals surface area contributed by atoms with Crippen molar-refractivity contribution in [2.45, 2.75) is 19.9 Å². The third kappa shape index (κ3) is 2.52. The van der Waals surface area contributed by atoms with Gasteiger partial charge in [0.15, 0.2) is 0 Å². The van der Waals surface area contributed by atoms with Crippen LogP contribution in [0, 0.1) is 0 Å². The lowest BCUT2D eigenvalue weighted by Gasteiger charge is -2.09. The van der Waals surface area contributed by atoms with Crippen molar-refractivity contribution in [3.05, 3.63) is 65.5 Å². The number of aromatic carboxylic acids is 1. The van der Waals surface area contributed by atoms with Gasteiger partial charge >= 0.3 is 5.97 Å². The first-order chi connectivity index (χ1) is 10.2. The minimum absolute atomic E-state index is 0.265. The number of nitrogens with zero attached hydrogens (tertiary/aromatic N) is 2. The van der Waals surface area contributed by atoms with Gasteiger partial charge in [0, 0.05) is 6.54 Å². The molecule has 1 heterocycles. The number of aromatic nitrogens is 2. The van der Waals surface area contributed by atoms with E-state index in [0.29, 0.717) is 5.52 Å². The molecule has 1 N–H and O–H groups in total. The normalized spacial score (nSPS) is 10.9. The summed E-state index contributed by atoms with van der Waals surface area (Å²) in [5.41, 5.74) is 4.51. The molecule has 0 aliphatic carbocycles. The summed E-state index contributed by atoms with van der Waals surface area (Å²) in [7, 11) is 0. The number of carboxylic acid groups (broad SMARTS) is 1. The van der Waals surface area contributed by atoms with Crippen molar-refractivity contribution in [2.75, 3.05) is 0 Å². The smallest absolute Gasteiger partial charge is 0.335 e. The monoisotopic (exact) mass is 280 g/mol. The van der Waals surface area contributed by atoms with Crippen molar-refractivity contribution in [3.8, 4) is 0 Å². The van der Waals surface area contributed by atoms with Gasteiger partial charge in [-0.05, 0) is 35.7 Å². The number of hydrogen-bond donors (Lipinski definition) is 1. The molecule has 0 amide bonds. The molecule has 0 aliphatic heterocycles. The summed E-state index contributed by atoms with van der Waals surface area (Å²) in [5, 5.41) is 9.02. The summed E-state index contributed by atoms with van der Waals surface area (Å²) < 4.78 is 2.05. The Morgan fingerprint density at radius 2 is 1.95 bits per heavy atom. The predicted molar refractivity (Wildman–Crippen MR) is 81.6 cm³/mol. The van der Waals surface area contributed by atoms with E-state index >= 15 is 0 Å². The third-order valence-corrected chi connectivity index (χ3v) is 3.71. The number of benzene rings is 2. The fourth-order valence-electron chi connectivity index (χ4n) is 2.56. The average molecular weight is 280 g/mol. The van der Waals surface area contributed by atoms with E-state index in [2.05, 4.69) is 28.6 Å². The highest BCUT2D eigenvalue weighted by molar-refractivity contribution is 5.92. The summed E-state index contributed by atoms with van der Waals surface area (Å²) in [6.07, 6.45) is 2.76. The maximum absolute atomic E-state index is 11.0. The molecule has 0 bridgehead atoms. The number of fused-ring (bicyclic) bond motifs is 1. The molecule has 21 heavy (non-hydrogen) atoms. The van der Waals surface area contributed by atoms with Gasteiger partial charge < -0.3 is 9.67 Å². The highest BCUT2D eigenvalue weighted by Gasteiger charge is 2.09. The zero-order chi connectivity index (χ0) is 14.8. The summed E-state index contributed by atoms with van der Waals surface area (Å²) in [6, 6.07) is 13.4. The van der Waals surface area contributed by atoms with Crippen LogP contribution in [-0.4, -0.2) is 20.6 Å². The maximum Gasteiger partial charge on any atom is 0.335 e. The number of aryl methyl sites for hydroxylation is 1. The summed E-state index contributed by atoms with van der Waals surface area (Å²) in [4.78, 5) is 15.3. The Hall–Kier alpha value is -2.62. The van der Waals surface area contributed by atoms with Crippen LogP contribution in [0.4, 0.5) is 0 Å². The minimum Gasteiger partial charge on any atom is -0.478 e. The minimum atomic E-state index is -0.928. The summed E-state index contributed by atoms with van der Waals surface area (Å²) in [6.45, 7) is 2.89. The zero-order valence-corrected chi connectivity index (χ0v) is 11.8. The molecule has 0 unspecified atom stereocenters. The highest BCUT2D eigenvalue weighted by atomic mass is 16.4. The fourth-order valence-corrected chi connectivity index (χ4v) is 2.56. The Kier molecular flexibility index (Phi) is 3.44. The van der Waals surface area contributed by atoms with Crippen molar-refractivity contribution in [1.29, 1.82) is 0 Å². The van der Waals surface area contributed by atoms with Gasteiger partial charge in [-0.3, -0.25) is 0 Å². The molecule has 2 aromatic carbocycles. The van der Waals surface area contributed by atoms with E-state index in [4.69, 9.17) is 5.11 Å². The summed E-state index contributed by atoms with van der Waals surface area (Å²) in [5.74, 6) is -0.928. The second-order valence-corrected chi connectivity index (χ2v) is 5.00. The molecule has 0 fully saturated rings. The molecule has 0 saturated carbocycles. The first-order valence-electron chi connectivity index (χ1n) is 6.94. The van der Waals surface area contributed by atoms with Crippen molar-refractivity contribution >= 4 is 17.0 Å². The molecule has 0 radical (unpaired) electrons. The molecule has 0 atom stereocenters. The molecule has 0 aliphatic rings. The van der Waals surface area contributed by atoms with Crippen LogP contribution in [0.25, 0.3) is 11.0 Å². The van der Waals surface area contributed by atoms with Gasteiger partial charge in [0.05, 0.1) is 22.9 Å². The Morgan fingerprint density at radius 1 is 1.19 bits per heavy atom. The molecule has 4 heteroatoms. The second kappa shape index (κ2) is 5.40. The van der Waals surface area contributed by atoms with Crippen LogP contribution in [0.15, 0.2) is 48.8 Å². The molecule has 1 aromatic heterocycles. The first kappa shape index (κ1) is 13.4. The van der Waals surface area contributed by atoms with Crippen LogP contribution in [0.5, 0.6) is 0 Å². The van der Waals surface area contributed by atoms with Gasteiger partial charge in [-0.15, -0.1) is 0 Å². The molecule has 3 rings (SSSR count). The Labute approximate surface area is 122 Å². The topological polar surface area (TPSA) is 55.1 Å². The number of carboxylic acids is 1. The molecule has 0 spiro atoms. The second-order valence-electron chi connectivity index (χ2n) is 5.00. The van der Waals surface area contributed by atoms with Crippen LogP contribution in [0.2, 0.25) is 0 Å². The van der Waals surface area contributed by atoms with E-state index in [-0.39, 0.29) is 5.56 Å². The van der Waals surface area contributed by atoms with Crippen molar-refractivity contribution < 1.29 is 9.90 Å². The molecule has 4 nitrogen and oxygen atoms in total. The first-order valence-corrected chi connectivity index (χ1v) is 6.94. The lowest BCUT2D eigenvalue weighted by molar-refractivity contribution is 0.0697. The van der Waals surface area contributed by atoms with Crippen molar-refractivity contribution in [3.63, 3.8) is 0 Å². The van der Waals surface area contributed by atoms with Gasteiger partial charge in [0.2, 0.25) is 0 Å². The van der Waals surface area contributed by atoms with Crippen LogP contribution in [0.1, 0.15) is 28.4 Å². The highest BCUT2D eigenvalue weighted by Crippen LogP contribution is 2.18. The van der Waals surface area contributed by atoms with Crippen molar-refractivity contribution in [2.24, 2.45) is 0 Å². The van der Waals surface area contributed by atoms with E-state index < -0.39 is 5.97 Å². The predicted octanol–water partition coefficient (Wildman–Crippen LogP) is 3.35. The van der Waals surface area contributed by atoms with Gasteiger partial charge in [0.1, 0.15) is 0 Å². The SMILES string of the molecule is CCc1ccccc1Cn1cnc2cc(C(=O)O)ccc21. The Morgan fingerprint density at radius 3 is 2.67 bits per heavy atom. The lowest BCUT2D eigenvalue weighted by Crippen LogP contribution is -2.01. The zero-order valence-electron chi connectivity index (χ0n) is 11.8. The number of hydrogen-bond acceptors (Lipinski definition) is 2. The molecular formula is C17H16N2O2. The number of carbonyl (C=O) groups is 1. The van der Waals surface area contributed by atoms with Gasteiger partial charge in [-0.2, -0.15) is 0 Å². The van der Waals surface area contributed by atoms with E-state index in [0.717, 1.165) is 18.5 Å². The van der Waals surface area contributed by atoms with Crippen LogP contribution < -0.4 is 0 Å². The largest absolute Gasteiger partial charge is 0.478 e. The lowest BCUT2D eigenvalue weighted by atomic mass is 10.1. The van der Waals surface area contributed by atoms with Crippen LogP contribution >= 0.6 is 0 Å². The molecular weight excluding hydrogens is 264 g/mol. The van der Waals surface area contributed by atoms with Gasteiger partial charge in [0.25, 0.3) is 0 Å². The summed E-state index contributed by atoms with van der Waals surface area (Å²) >= 11 is 0. The molecule has 3 aromatic rings. The maximum atomic E-state index is 11.0. The molecule has 106 valence electrons. The van der Waals surface area contributed by atoms with E-state index in [1.54, 1.807) is 18.5 Å². The Balaban J connectivity index is 2.00. The van der Waals surface area contributed by atoms with Crippen LogP contribution in [0.3, 0.4) is 0 Å². The van der Waals surface area contributed by atoms with E-state index in [1.807, 2.05) is 18.2 Å². The van der Waals surface area contributed by atoms with Crippen LogP contribution in [-0.2, 0) is 13.0 Å².